The van der Waals surface area contributed by atoms with Crippen molar-refractivity contribution in [3.05, 3.63) is 60.9 Å². The molecule has 0 spiro atoms. The fraction of sp³-hybridized carbons (Fsp3) is 0. The van der Waals surface area contributed by atoms with Crippen molar-refractivity contribution in [1.82, 2.24) is 0 Å². The zero-order valence-corrected chi connectivity index (χ0v) is 6.38. The molecule has 0 nitrogen and oxygen atoms in total. The average molecular weight is 142 g/mol. The zero-order valence-electron chi connectivity index (χ0n) is 6.38. The van der Waals surface area contributed by atoms with E-state index in [4.69, 9.17) is 0 Å². The fourth-order valence-electron chi connectivity index (χ4n) is 0.910. The second-order valence-corrected chi connectivity index (χ2v) is 2.16. The van der Waals surface area contributed by atoms with Crippen LogP contribution in [0, 0.1) is 0 Å². The Labute approximate surface area is 67.2 Å². The molecule has 11 heavy (non-hydrogen) atoms. The van der Waals surface area contributed by atoms with E-state index in [2.05, 4.69) is 18.9 Å². The molecule has 0 amide bonds. The molecule has 1 aromatic rings. The highest BCUT2D eigenvalue weighted by molar-refractivity contribution is 5.72. The van der Waals surface area contributed by atoms with E-state index in [0.717, 1.165) is 11.1 Å². The summed E-state index contributed by atoms with van der Waals surface area (Å²) in [6, 6.07) is 9.96. The third kappa shape index (κ3) is 1.70. The van der Waals surface area contributed by atoms with Crippen molar-refractivity contribution >= 4 is 5.57 Å². The van der Waals surface area contributed by atoms with Crippen LogP contribution in [0.25, 0.3) is 5.57 Å². The van der Waals surface area contributed by atoms with Crippen molar-refractivity contribution in [3.8, 4) is 0 Å². The Morgan fingerprint density at radius 3 is 2.36 bits per heavy atom. The molecule has 0 heterocycles. The van der Waals surface area contributed by atoms with Crippen LogP contribution in [0.15, 0.2) is 55.3 Å². The molecule has 0 radical (unpaired) electrons. The van der Waals surface area contributed by atoms with Crippen LogP contribution < -0.4 is 0 Å². The lowest BCUT2D eigenvalue weighted by molar-refractivity contribution is 1.63. The Balaban J connectivity index is 3.11. The van der Waals surface area contributed by atoms with Crippen LogP contribution in [0.4, 0.5) is 0 Å². The molecule has 0 aliphatic carbocycles. The number of allylic oxidation sites excluding steroid dienone is 2. The largest absolute Gasteiger partial charge is 0.120 e. The Kier molecular flexibility index (Phi) is 2.48. The van der Waals surface area contributed by atoms with Crippen LogP contribution in [0.3, 0.4) is 0 Å². The van der Waals surface area contributed by atoms with Gasteiger partial charge in [-0.1, -0.05) is 49.6 Å². The van der Waals surface area contributed by atoms with Gasteiger partial charge in [-0.25, -0.2) is 0 Å². The smallest absolute Gasteiger partial charge is 0.0224 e. The van der Waals surface area contributed by atoms with Gasteiger partial charge in [0, 0.05) is 5.57 Å². The van der Waals surface area contributed by atoms with E-state index in [1.54, 1.807) is 6.08 Å². The summed E-state index contributed by atoms with van der Waals surface area (Å²) in [6.07, 6.45) is 1.75. The highest BCUT2D eigenvalue weighted by atomic mass is 13.9. The minimum atomic E-state index is 0.950. The molecule has 0 saturated carbocycles. The molecule has 0 aliphatic heterocycles. The molecule has 0 aliphatic rings. The van der Waals surface area contributed by atoms with Crippen LogP contribution in [0.5, 0.6) is 0 Å². The van der Waals surface area contributed by atoms with Crippen LogP contribution in [0.1, 0.15) is 5.56 Å². The SMILES string of the molecule is C=C=C(C=C)c1ccccc1. The molecule has 1 rings (SSSR count). The standard InChI is InChI=1S/C11H10/c1-3-10(4-2)11-8-6-5-7-9-11/h3,5-9H,1-2H2. The summed E-state index contributed by atoms with van der Waals surface area (Å²) in [7, 11) is 0. The van der Waals surface area contributed by atoms with E-state index >= 15 is 0 Å². The van der Waals surface area contributed by atoms with Gasteiger partial charge < -0.3 is 0 Å². The first kappa shape index (κ1) is 7.59. The van der Waals surface area contributed by atoms with Crippen LogP contribution in [-0.4, -0.2) is 0 Å². The summed E-state index contributed by atoms with van der Waals surface area (Å²) in [5.41, 5.74) is 4.88. The maximum atomic E-state index is 3.67. The predicted molar refractivity (Wildman–Crippen MR) is 49.2 cm³/mol. The van der Waals surface area contributed by atoms with Crippen molar-refractivity contribution < 1.29 is 0 Å². The molecule has 0 heteroatoms. The lowest BCUT2D eigenvalue weighted by Crippen LogP contribution is -1.75. The first-order valence-corrected chi connectivity index (χ1v) is 3.46. The highest BCUT2D eigenvalue weighted by Crippen LogP contribution is 2.12. The summed E-state index contributed by atoms with van der Waals surface area (Å²) >= 11 is 0. The lowest BCUT2D eigenvalue weighted by Gasteiger charge is -1.96. The van der Waals surface area contributed by atoms with E-state index in [-0.39, 0.29) is 0 Å². The summed E-state index contributed by atoms with van der Waals surface area (Å²) < 4.78 is 0. The van der Waals surface area contributed by atoms with Gasteiger partial charge in [0.2, 0.25) is 0 Å². The van der Waals surface area contributed by atoms with E-state index in [0.29, 0.717) is 0 Å². The molecule has 0 N–H and O–H groups in total. The maximum Gasteiger partial charge on any atom is 0.0224 e. The number of benzene rings is 1. The molecule has 0 saturated heterocycles. The lowest BCUT2D eigenvalue weighted by atomic mass is 10.1. The van der Waals surface area contributed by atoms with Gasteiger partial charge in [0.15, 0.2) is 0 Å². The molecule has 54 valence electrons. The third-order valence-electron chi connectivity index (χ3n) is 1.48. The normalized spacial score (nSPS) is 8.36. The third-order valence-corrected chi connectivity index (χ3v) is 1.48. The van der Waals surface area contributed by atoms with Crippen molar-refractivity contribution in [2.24, 2.45) is 0 Å². The molecule has 0 aromatic heterocycles. The quantitative estimate of drug-likeness (QED) is 0.440. The molecule has 0 atom stereocenters. The van der Waals surface area contributed by atoms with Crippen LogP contribution in [0.2, 0.25) is 0 Å². The van der Waals surface area contributed by atoms with Crippen molar-refractivity contribution in [2.45, 2.75) is 0 Å². The van der Waals surface area contributed by atoms with Gasteiger partial charge >= 0.3 is 0 Å². The van der Waals surface area contributed by atoms with Crippen molar-refractivity contribution in [1.29, 1.82) is 0 Å². The fourth-order valence-corrected chi connectivity index (χ4v) is 0.910. The predicted octanol–water partition coefficient (Wildman–Crippen LogP) is 3.04. The second-order valence-electron chi connectivity index (χ2n) is 2.16. The second kappa shape index (κ2) is 3.60. The molecular formula is C11H10. The Morgan fingerprint density at radius 1 is 1.27 bits per heavy atom. The van der Waals surface area contributed by atoms with E-state index in [9.17, 15) is 0 Å². The average Bonchev–Trinajstić information content (AvgIpc) is 2.09. The first-order chi connectivity index (χ1) is 5.38. The van der Waals surface area contributed by atoms with Gasteiger partial charge in [-0.05, 0) is 5.56 Å². The highest BCUT2D eigenvalue weighted by Gasteiger charge is 1.91. The molecular weight excluding hydrogens is 132 g/mol. The number of rotatable bonds is 2. The van der Waals surface area contributed by atoms with Gasteiger partial charge in [0.05, 0.1) is 0 Å². The van der Waals surface area contributed by atoms with Gasteiger partial charge in [-0.3, -0.25) is 0 Å². The van der Waals surface area contributed by atoms with Crippen LogP contribution >= 0.6 is 0 Å². The van der Waals surface area contributed by atoms with E-state index < -0.39 is 0 Å². The Bertz CT molecular complexity index is 287. The Morgan fingerprint density at radius 2 is 1.91 bits per heavy atom. The minimum absolute atomic E-state index is 0.950. The topological polar surface area (TPSA) is 0 Å². The monoisotopic (exact) mass is 142 g/mol. The van der Waals surface area contributed by atoms with E-state index in [1.165, 1.54) is 0 Å². The number of hydrogen-bond donors (Lipinski definition) is 0. The summed E-state index contributed by atoms with van der Waals surface area (Å²) in [6.45, 7) is 7.24. The molecule has 0 fully saturated rings. The molecule has 1 aromatic carbocycles. The minimum Gasteiger partial charge on any atom is -0.120 e. The van der Waals surface area contributed by atoms with Crippen LogP contribution in [-0.2, 0) is 0 Å². The Hall–Kier alpha value is -1.52. The molecule has 0 unspecified atom stereocenters. The molecule has 0 bridgehead atoms. The van der Waals surface area contributed by atoms with Crippen molar-refractivity contribution in [2.75, 3.05) is 0 Å². The summed E-state index contributed by atoms with van der Waals surface area (Å²) in [5.74, 6) is 0. The van der Waals surface area contributed by atoms with Gasteiger partial charge in [0.1, 0.15) is 0 Å². The first-order valence-electron chi connectivity index (χ1n) is 3.46. The zero-order chi connectivity index (χ0) is 8.10. The maximum absolute atomic E-state index is 3.67. The van der Waals surface area contributed by atoms with Gasteiger partial charge in [0.25, 0.3) is 0 Å². The van der Waals surface area contributed by atoms with Gasteiger partial charge in [-0.15, -0.1) is 5.73 Å². The van der Waals surface area contributed by atoms with E-state index in [1.807, 2.05) is 30.3 Å². The summed E-state index contributed by atoms with van der Waals surface area (Å²) in [4.78, 5) is 0. The van der Waals surface area contributed by atoms with Gasteiger partial charge in [-0.2, -0.15) is 0 Å². The summed E-state index contributed by atoms with van der Waals surface area (Å²) in [5, 5.41) is 0. The van der Waals surface area contributed by atoms with Crippen molar-refractivity contribution in [3.63, 3.8) is 0 Å². The number of hydrogen-bond acceptors (Lipinski definition) is 0.